The van der Waals surface area contributed by atoms with Gasteiger partial charge in [-0.05, 0) is 35.9 Å². The Kier molecular flexibility index (Phi) is 7.42. The number of hydrazone groups is 1. The zero-order valence-electron chi connectivity index (χ0n) is 19.1. The van der Waals surface area contributed by atoms with Gasteiger partial charge < -0.3 is 4.74 Å². The molecule has 0 radical (unpaired) electrons. The molecule has 11 heteroatoms. The van der Waals surface area contributed by atoms with Crippen LogP contribution in [0.3, 0.4) is 0 Å². The number of amides is 1. The van der Waals surface area contributed by atoms with Gasteiger partial charge in [0.2, 0.25) is 0 Å². The van der Waals surface area contributed by atoms with Gasteiger partial charge in [-0.3, -0.25) is 19.0 Å². The van der Waals surface area contributed by atoms with E-state index >= 15 is 0 Å². The van der Waals surface area contributed by atoms with Crippen molar-refractivity contribution >= 4 is 34.7 Å². The van der Waals surface area contributed by atoms with Crippen molar-refractivity contribution in [2.24, 2.45) is 5.10 Å². The van der Waals surface area contributed by atoms with Crippen LogP contribution in [0, 0.1) is 0 Å². The number of nitrogens with zero attached hydrogens (tertiary/aromatic N) is 4. The molecule has 0 unspecified atom stereocenters. The summed E-state index contributed by atoms with van der Waals surface area (Å²) in [4.78, 5) is 41.9. The minimum atomic E-state index is -4.64. The van der Waals surface area contributed by atoms with E-state index in [0.717, 1.165) is 27.8 Å². The molecule has 0 fully saturated rings. The Bertz CT molecular complexity index is 1520. The van der Waals surface area contributed by atoms with Crippen LogP contribution in [0.15, 0.2) is 95.1 Å². The maximum Gasteiger partial charge on any atom is 0.416 e. The van der Waals surface area contributed by atoms with Crippen molar-refractivity contribution in [3.63, 3.8) is 0 Å². The lowest BCUT2D eigenvalue weighted by molar-refractivity contribution is -0.148. The second-order valence-corrected chi connectivity index (χ2v) is 7.76. The molecule has 4 aromatic rings. The molecule has 0 N–H and O–H groups in total. The highest BCUT2D eigenvalue weighted by atomic mass is 19.4. The summed E-state index contributed by atoms with van der Waals surface area (Å²) in [5, 5.41) is 5.06. The molecule has 1 aromatic heterocycles. The van der Waals surface area contributed by atoms with E-state index < -0.39 is 42.3 Å². The van der Waals surface area contributed by atoms with Gasteiger partial charge in [0.15, 0.2) is 6.61 Å². The van der Waals surface area contributed by atoms with E-state index in [9.17, 15) is 27.6 Å². The molecule has 0 atom stereocenters. The van der Waals surface area contributed by atoms with Crippen LogP contribution < -0.4 is 10.6 Å². The average Bonchev–Trinajstić information content (AvgIpc) is 2.90. The van der Waals surface area contributed by atoms with Gasteiger partial charge in [0.25, 0.3) is 11.5 Å². The Morgan fingerprint density at radius 1 is 1.00 bits per heavy atom. The number of hydrogen-bond acceptors (Lipinski definition) is 6. The van der Waals surface area contributed by atoms with Gasteiger partial charge in [0, 0.05) is 0 Å². The number of carbonyl (C=O) groups is 2. The van der Waals surface area contributed by atoms with Crippen LogP contribution in [0.5, 0.6) is 0 Å². The monoisotopic (exact) mass is 508 g/mol. The third kappa shape index (κ3) is 6.26. The zero-order chi connectivity index (χ0) is 26.4. The summed E-state index contributed by atoms with van der Waals surface area (Å²) in [6.45, 7) is -1.34. The summed E-state index contributed by atoms with van der Waals surface area (Å²) in [6, 6.07) is 19.2. The van der Waals surface area contributed by atoms with Gasteiger partial charge in [0.1, 0.15) is 6.54 Å². The van der Waals surface area contributed by atoms with Crippen LogP contribution in [-0.2, 0) is 27.0 Å². The van der Waals surface area contributed by atoms with Crippen molar-refractivity contribution in [3.05, 3.63) is 107 Å². The largest absolute Gasteiger partial charge is 0.454 e. The quantitative estimate of drug-likeness (QED) is 0.214. The summed E-state index contributed by atoms with van der Waals surface area (Å²) < 4.78 is 45.7. The van der Waals surface area contributed by atoms with Gasteiger partial charge in [0.05, 0.1) is 34.7 Å². The van der Waals surface area contributed by atoms with E-state index in [-0.39, 0.29) is 5.69 Å². The average molecular weight is 508 g/mol. The van der Waals surface area contributed by atoms with Crippen LogP contribution in [0.25, 0.3) is 10.9 Å². The topological polar surface area (TPSA) is 93.9 Å². The van der Waals surface area contributed by atoms with Crippen molar-refractivity contribution in [3.8, 4) is 0 Å². The first kappa shape index (κ1) is 25.3. The Morgan fingerprint density at radius 2 is 1.73 bits per heavy atom. The number of alkyl halides is 3. The smallest absolute Gasteiger partial charge is 0.416 e. The molecule has 3 aromatic carbocycles. The summed E-state index contributed by atoms with van der Waals surface area (Å²) in [6.07, 6.45) is -2.16. The number of fused-ring (bicyclic) bond motifs is 1. The fourth-order valence-electron chi connectivity index (χ4n) is 3.36. The first-order valence-electron chi connectivity index (χ1n) is 10.9. The van der Waals surface area contributed by atoms with Crippen LogP contribution in [-0.4, -0.2) is 34.2 Å². The minimum absolute atomic E-state index is 0.169. The number of rotatable bonds is 7. The first-order chi connectivity index (χ1) is 17.7. The molecule has 37 heavy (non-hydrogen) atoms. The summed E-state index contributed by atoms with van der Waals surface area (Å²) in [5.74, 6) is -1.81. The summed E-state index contributed by atoms with van der Waals surface area (Å²) in [7, 11) is 0. The Morgan fingerprint density at radius 3 is 2.49 bits per heavy atom. The lowest BCUT2D eigenvalue weighted by Gasteiger charge is -2.18. The van der Waals surface area contributed by atoms with E-state index in [4.69, 9.17) is 4.74 Å². The van der Waals surface area contributed by atoms with E-state index in [2.05, 4.69) is 10.1 Å². The molecule has 1 heterocycles. The highest BCUT2D eigenvalue weighted by molar-refractivity contribution is 5.96. The molecule has 0 bridgehead atoms. The molecule has 0 spiro atoms. The molecule has 8 nitrogen and oxygen atoms in total. The van der Waals surface area contributed by atoms with Gasteiger partial charge in [-0.1, -0.05) is 48.5 Å². The number of anilines is 1. The number of carbonyl (C=O) groups excluding carboxylic acids is 2. The molecular formula is C26H19F3N4O4. The molecule has 0 saturated carbocycles. The van der Waals surface area contributed by atoms with Crippen molar-refractivity contribution in [1.29, 1.82) is 0 Å². The van der Waals surface area contributed by atoms with Crippen molar-refractivity contribution in [2.75, 3.05) is 11.6 Å². The minimum Gasteiger partial charge on any atom is -0.454 e. The van der Waals surface area contributed by atoms with Crippen LogP contribution in [0.4, 0.5) is 18.9 Å². The predicted molar refractivity (Wildman–Crippen MR) is 130 cm³/mol. The Hall–Kier alpha value is -4.80. The van der Waals surface area contributed by atoms with Crippen molar-refractivity contribution in [1.82, 2.24) is 9.55 Å². The summed E-state index contributed by atoms with van der Waals surface area (Å²) >= 11 is 0. The molecule has 0 aliphatic carbocycles. The molecule has 0 saturated heterocycles. The highest BCUT2D eigenvalue weighted by Gasteiger charge is 2.31. The van der Waals surface area contributed by atoms with E-state index in [1.807, 2.05) is 0 Å². The highest BCUT2D eigenvalue weighted by Crippen LogP contribution is 2.31. The zero-order valence-corrected chi connectivity index (χ0v) is 19.1. The fraction of sp³-hybridized carbons (Fsp3) is 0.115. The number of para-hydroxylation sites is 1. The lowest BCUT2D eigenvalue weighted by atomic mass is 10.2. The summed E-state index contributed by atoms with van der Waals surface area (Å²) in [5.41, 5.74) is -0.560. The first-order valence-corrected chi connectivity index (χ1v) is 10.9. The molecule has 1 amide bonds. The molecule has 0 aliphatic heterocycles. The number of aromatic nitrogens is 2. The number of ether oxygens (including phenoxy) is 1. The molecule has 4 rings (SSSR count). The van der Waals surface area contributed by atoms with Crippen molar-refractivity contribution < 1.29 is 27.5 Å². The number of esters is 1. The molecular weight excluding hydrogens is 489 g/mol. The maximum atomic E-state index is 13.2. The predicted octanol–water partition coefficient (Wildman–Crippen LogP) is 4.03. The van der Waals surface area contributed by atoms with Gasteiger partial charge in [-0.2, -0.15) is 23.3 Å². The van der Waals surface area contributed by atoms with E-state index in [1.165, 1.54) is 18.6 Å². The normalized spacial score (nSPS) is 11.5. The Labute approximate surface area is 208 Å². The SMILES string of the molecule is O=C(Cn1cnc2ccccc2c1=O)OCC(=O)N(N=Cc1ccccc1)c1cccc(C(F)(F)F)c1. The van der Waals surface area contributed by atoms with Gasteiger partial charge >= 0.3 is 12.1 Å². The fourth-order valence-corrected chi connectivity index (χ4v) is 3.36. The van der Waals surface area contributed by atoms with E-state index in [1.54, 1.807) is 54.6 Å². The third-order valence-electron chi connectivity index (χ3n) is 5.16. The third-order valence-corrected chi connectivity index (χ3v) is 5.16. The Balaban J connectivity index is 1.51. The number of benzene rings is 3. The maximum absolute atomic E-state index is 13.2. The second-order valence-electron chi connectivity index (χ2n) is 7.76. The van der Waals surface area contributed by atoms with Crippen LogP contribution in [0.1, 0.15) is 11.1 Å². The lowest BCUT2D eigenvalue weighted by Crippen LogP contribution is -2.32. The van der Waals surface area contributed by atoms with Crippen molar-refractivity contribution in [2.45, 2.75) is 12.7 Å². The number of halogens is 3. The molecule has 188 valence electrons. The van der Waals surface area contributed by atoms with Crippen LogP contribution >= 0.6 is 0 Å². The number of hydrogen-bond donors (Lipinski definition) is 0. The van der Waals surface area contributed by atoms with Gasteiger partial charge in [-0.25, -0.2) is 4.98 Å². The molecule has 0 aliphatic rings. The second kappa shape index (κ2) is 10.9. The standard InChI is InChI=1S/C26H19F3N4O4/c27-26(28,29)19-9-6-10-20(13-19)33(31-14-18-7-2-1-3-8-18)23(34)16-37-24(35)15-32-17-30-22-12-5-4-11-21(22)25(32)36/h1-14,17H,15-16H2. The van der Waals surface area contributed by atoms with Gasteiger partial charge in [-0.15, -0.1) is 0 Å². The van der Waals surface area contributed by atoms with Crippen LogP contribution in [0.2, 0.25) is 0 Å². The van der Waals surface area contributed by atoms with E-state index in [0.29, 0.717) is 16.5 Å².